The van der Waals surface area contributed by atoms with Crippen molar-refractivity contribution in [3.63, 3.8) is 0 Å². The average molecular weight is 308 g/mol. The van der Waals surface area contributed by atoms with Crippen LogP contribution < -0.4 is 0 Å². The van der Waals surface area contributed by atoms with E-state index in [-0.39, 0.29) is 37.6 Å². The SMILES string of the molecule is CC(C)CN1C(=O)CO[C@@H]2CN(C(=O)CC(F)(F)F)C[C@H]21. The Kier molecular flexibility index (Phi) is 4.46. The van der Waals surface area contributed by atoms with Crippen LogP contribution >= 0.6 is 0 Å². The fourth-order valence-corrected chi connectivity index (χ4v) is 2.78. The maximum Gasteiger partial charge on any atom is 0.397 e. The Labute approximate surface area is 121 Å². The summed E-state index contributed by atoms with van der Waals surface area (Å²) in [6, 6.07) is -0.342. The summed E-state index contributed by atoms with van der Waals surface area (Å²) in [5.74, 6) is -0.889. The largest absolute Gasteiger partial charge is 0.397 e. The van der Waals surface area contributed by atoms with Gasteiger partial charge in [-0.1, -0.05) is 13.8 Å². The minimum Gasteiger partial charge on any atom is -0.364 e. The van der Waals surface area contributed by atoms with Crippen LogP contribution in [0.3, 0.4) is 0 Å². The van der Waals surface area contributed by atoms with Crippen LogP contribution in [0.4, 0.5) is 13.2 Å². The van der Waals surface area contributed by atoms with Crippen molar-refractivity contribution in [3.8, 4) is 0 Å². The number of carbonyl (C=O) groups excluding carboxylic acids is 2. The normalized spacial score (nSPS) is 26.5. The highest BCUT2D eigenvalue weighted by Gasteiger charge is 2.46. The molecule has 0 spiro atoms. The molecule has 2 fully saturated rings. The molecule has 0 unspecified atom stereocenters. The Hall–Kier alpha value is -1.31. The van der Waals surface area contributed by atoms with Gasteiger partial charge in [0.25, 0.3) is 0 Å². The van der Waals surface area contributed by atoms with Crippen LogP contribution in [-0.2, 0) is 14.3 Å². The number of ether oxygens (including phenoxy) is 1. The van der Waals surface area contributed by atoms with Crippen LogP contribution in [0.1, 0.15) is 20.3 Å². The number of rotatable bonds is 3. The fraction of sp³-hybridized carbons (Fsp3) is 0.846. The molecule has 0 aromatic rings. The molecule has 120 valence electrons. The van der Waals surface area contributed by atoms with E-state index in [2.05, 4.69) is 0 Å². The summed E-state index contributed by atoms with van der Waals surface area (Å²) in [7, 11) is 0. The highest BCUT2D eigenvalue weighted by molar-refractivity contribution is 5.80. The van der Waals surface area contributed by atoms with Crippen LogP contribution in [0.2, 0.25) is 0 Å². The minimum atomic E-state index is -4.51. The first-order chi connectivity index (χ1) is 9.67. The lowest BCUT2D eigenvalue weighted by molar-refractivity contribution is -0.161. The third kappa shape index (κ3) is 3.87. The van der Waals surface area contributed by atoms with Gasteiger partial charge in [-0.05, 0) is 5.92 Å². The lowest BCUT2D eigenvalue weighted by atomic mass is 10.1. The molecule has 0 bridgehead atoms. The monoisotopic (exact) mass is 308 g/mol. The van der Waals surface area contributed by atoms with Gasteiger partial charge >= 0.3 is 6.18 Å². The van der Waals surface area contributed by atoms with Crippen molar-refractivity contribution in [1.29, 1.82) is 0 Å². The second-order valence-electron chi connectivity index (χ2n) is 5.95. The molecule has 2 heterocycles. The fourth-order valence-electron chi connectivity index (χ4n) is 2.78. The maximum atomic E-state index is 12.3. The highest BCUT2D eigenvalue weighted by atomic mass is 19.4. The van der Waals surface area contributed by atoms with Gasteiger partial charge in [-0.2, -0.15) is 13.2 Å². The number of hydrogen-bond acceptors (Lipinski definition) is 3. The van der Waals surface area contributed by atoms with Gasteiger partial charge < -0.3 is 14.5 Å². The molecule has 0 saturated carbocycles. The summed E-state index contributed by atoms with van der Waals surface area (Å²) < 4.78 is 42.3. The van der Waals surface area contributed by atoms with Crippen molar-refractivity contribution in [2.75, 3.05) is 26.2 Å². The molecule has 0 aromatic carbocycles. The number of fused-ring (bicyclic) bond motifs is 1. The summed E-state index contributed by atoms with van der Waals surface area (Å²) in [5.41, 5.74) is 0. The van der Waals surface area contributed by atoms with E-state index in [0.29, 0.717) is 6.54 Å². The van der Waals surface area contributed by atoms with Crippen molar-refractivity contribution in [3.05, 3.63) is 0 Å². The van der Waals surface area contributed by atoms with E-state index in [1.165, 1.54) is 0 Å². The predicted molar refractivity (Wildman–Crippen MR) is 67.3 cm³/mol. The van der Waals surface area contributed by atoms with Crippen LogP contribution in [0.5, 0.6) is 0 Å². The van der Waals surface area contributed by atoms with Gasteiger partial charge in [0.1, 0.15) is 13.0 Å². The van der Waals surface area contributed by atoms with E-state index < -0.39 is 24.6 Å². The number of alkyl halides is 3. The Morgan fingerprint density at radius 2 is 2.05 bits per heavy atom. The maximum absolute atomic E-state index is 12.3. The molecule has 8 heteroatoms. The zero-order valence-corrected chi connectivity index (χ0v) is 12.0. The molecule has 2 amide bonds. The highest BCUT2D eigenvalue weighted by Crippen LogP contribution is 2.27. The molecule has 0 radical (unpaired) electrons. The smallest absolute Gasteiger partial charge is 0.364 e. The van der Waals surface area contributed by atoms with Gasteiger partial charge in [0.05, 0.1) is 12.1 Å². The number of nitrogens with zero attached hydrogens (tertiary/aromatic N) is 2. The average Bonchev–Trinajstić information content (AvgIpc) is 2.74. The van der Waals surface area contributed by atoms with Crippen molar-refractivity contribution in [2.45, 2.75) is 38.6 Å². The van der Waals surface area contributed by atoms with E-state index in [9.17, 15) is 22.8 Å². The summed E-state index contributed by atoms with van der Waals surface area (Å²) in [6.45, 7) is 4.58. The lowest BCUT2D eigenvalue weighted by Crippen LogP contribution is -2.55. The number of carbonyl (C=O) groups is 2. The van der Waals surface area contributed by atoms with Gasteiger partial charge in [-0.25, -0.2) is 0 Å². The van der Waals surface area contributed by atoms with Gasteiger partial charge in [-0.3, -0.25) is 9.59 Å². The van der Waals surface area contributed by atoms with Gasteiger partial charge in [-0.15, -0.1) is 0 Å². The minimum absolute atomic E-state index is 0.0742. The Bertz CT molecular complexity index is 425. The first-order valence-electron chi connectivity index (χ1n) is 6.93. The number of halogens is 3. The molecule has 0 aliphatic carbocycles. The van der Waals surface area contributed by atoms with Crippen LogP contribution in [0, 0.1) is 5.92 Å². The van der Waals surface area contributed by atoms with Crippen LogP contribution in [0.15, 0.2) is 0 Å². The third-order valence-corrected chi connectivity index (χ3v) is 3.64. The van der Waals surface area contributed by atoms with Crippen molar-refractivity contribution < 1.29 is 27.5 Å². The van der Waals surface area contributed by atoms with Gasteiger partial charge in [0.2, 0.25) is 11.8 Å². The topological polar surface area (TPSA) is 49.9 Å². The summed E-state index contributed by atoms with van der Waals surface area (Å²) in [5, 5.41) is 0. The zero-order chi connectivity index (χ0) is 15.8. The van der Waals surface area contributed by atoms with E-state index in [1.807, 2.05) is 13.8 Å². The number of amides is 2. The van der Waals surface area contributed by atoms with Crippen molar-refractivity contribution in [2.24, 2.45) is 5.92 Å². The van der Waals surface area contributed by atoms with Crippen molar-refractivity contribution >= 4 is 11.8 Å². The van der Waals surface area contributed by atoms with E-state index >= 15 is 0 Å². The second-order valence-corrected chi connectivity index (χ2v) is 5.95. The van der Waals surface area contributed by atoms with Crippen LogP contribution in [0.25, 0.3) is 0 Å². The van der Waals surface area contributed by atoms with Crippen LogP contribution in [-0.4, -0.2) is 66.2 Å². The molecule has 2 rings (SSSR count). The Balaban J connectivity index is 2.04. The lowest BCUT2D eigenvalue weighted by Gasteiger charge is -2.37. The van der Waals surface area contributed by atoms with Crippen molar-refractivity contribution in [1.82, 2.24) is 9.80 Å². The first-order valence-corrected chi connectivity index (χ1v) is 6.93. The molecule has 5 nitrogen and oxygen atoms in total. The Morgan fingerprint density at radius 1 is 1.38 bits per heavy atom. The zero-order valence-electron chi connectivity index (χ0n) is 12.0. The molecule has 0 aromatic heterocycles. The number of morpholine rings is 1. The molecule has 0 N–H and O–H groups in total. The standard InChI is InChI=1S/C13H19F3N2O3/c1-8(2)4-18-9-5-17(11(19)3-13(14,15)16)6-10(9)21-7-12(18)20/h8-10H,3-7H2,1-2H3/t9-,10-/m1/s1. The molecule has 2 aliphatic rings. The molecular weight excluding hydrogens is 289 g/mol. The molecule has 21 heavy (non-hydrogen) atoms. The van der Waals surface area contributed by atoms with E-state index in [4.69, 9.17) is 4.74 Å². The predicted octanol–water partition coefficient (Wildman–Crippen LogP) is 1.03. The number of likely N-dealkylation sites (tertiary alicyclic amines) is 1. The third-order valence-electron chi connectivity index (χ3n) is 3.64. The van der Waals surface area contributed by atoms with E-state index in [0.717, 1.165) is 4.90 Å². The van der Waals surface area contributed by atoms with Gasteiger partial charge in [0, 0.05) is 19.6 Å². The molecule has 2 atom stereocenters. The second kappa shape index (κ2) is 5.82. The van der Waals surface area contributed by atoms with Gasteiger partial charge in [0.15, 0.2) is 0 Å². The quantitative estimate of drug-likeness (QED) is 0.782. The molecule has 2 saturated heterocycles. The van der Waals surface area contributed by atoms with E-state index in [1.54, 1.807) is 4.90 Å². The summed E-state index contributed by atoms with van der Waals surface area (Å²) in [6.07, 6.45) is -6.37. The Morgan fingerprint density at radius 3 is 2.62 bits per heavy atom. The molecule has 2 aliphatic heterocycles. The summed E-state index contributed by atoms with van der Waals surface area (Å²) >= 11 is 0. The number of hydrogen-bond donors (Lipinski definition) is 0. The summed E-state index contributed by atoms with van der Waals surface area (Å²) in [4.78, 5) is 26.3. The molecular formula is C13H19F3N2O3. The first kappa shape index (κ1) is 16.1.